The van der Waals surface area contributed by atoms with Crippen molar-refractivity contribution >= 4 is 5.78 Å². The van der Waals surface area contributed by atoms with Crippen LogP contribution in [0.4, 0.5) is 0 Å². The van der Waals surface area contributed by atoms with Crippen molar-refractivity contribution in [3.63, 3.8) is 0 Å². The molecule has 2 rings (SSSR count). The van der Waals surface area contributed by atoms with Gasteiger partial charge in [-0.2, -0.15) is 0 Å². The maximum absolute atomic E-state index is 12.8. The Morgan fingerprint density at radius 3 is 2.34 bits per heavy atom. The minimum Gasteiger partial charge on any atom is -0.504 e. The molecule has 0 bridgehead atoms. The van der Waals surface area contributed by atoms with Crippen molar-refractivity contribution in [3.05, 3.63) is 57.6 Å². The van der Waals surface area contributed by atoms with E-state index in [0.717, 1.165) is 0 Å². The summed E-state index contributed by atoms with van der Waals surface area (Å²) in [5, 5.41) is 20.9. The molecule has 0 aliphatic heterocycles. The lowest BCUT2D eigenvalue weighted by Crippen LogP contribution is -2.17. The van der Waals surface area contributed by atoms with Crippen LogP contribution in [-0.2, 0) is 0 Å². The number of phenols is 1. The van der Waals surface area contributed by atoms with Gasteiger partial charge in [-0.1, -0.05) is 6.07 Å². The molecule has 1 N–H and O–H groups in total. The fourth-order valence-electron chi connectivity index (χ4n) is 2.95. The molecule has 29 heavy (non-hydrogen) atoms. The van der Waals surface area contributed by atoms with Crippen LogP contribution in [0, 0.1) is 10.1 Å². The first-order valence-corrected chi connectivity index (χ1v) is 9.11. The van der Waals surface area contributed by atoms with Crippen molar-refractivity contribution in [1.82, 2.24) is 0 Å². The number of aromatic hydroxyl groups is 1. The van der Waals surface area contributed by atoms with Gasteiger partial charge >= 0.3 is 0 Å². The molecule has 1 atom stereocenters. The topological polar surface area (TPSA) is 108 Å². The number of phenolic OH excluding ortho intramolecular Hbond substituents is 1. The molecule has 1 unspecified atom stereocenters. The average Bonchev–Trinajstić information content (AvgIpc) is 2.67. The second-order valence-corrected chi connectivity index (χ2v) is 6.80. The Bertz CT molecular complexity index is 879. The van der Waals surface area contributed by atoms with Crippen LogP contribution in [0.2, 0.25) is 0 Å². The van der Waals surface area contributed by atoms with Gasteiger partial charge in [0.25, 0.3) is 0 Å². The number of carbonyl (C=O) groups excluding carboxylic acids is 1. The number of nitro groups is 1. The van der Waals surface area contributed by atoms with Gasteiger partial charge in [0, 0.05) is 16.9 Å². The third-order valence-electron chi connectivity index (χ3n) is 4.32. The highest BCUT2D eigenvalue weighted by Crippen LogP contribution is 2.33. The molecule has 2 aromatic carbocycles. The molecule has 0 heterocycles. The molecule has 0 spiro atoms. The van der Waals surface area contributed by atoms with Crippen molar-refractivity contribution < 1.29 is 29.0 Å². The van der Waals surface area contributed by atoms with Crippen LogP contribution in [0.15, 0.2) is 36.4 Å². The molecule has 156 valence electrons. The number of ether oxygens (including phenoxy) is 3. The zero-order valence-corrected chi connectivity index (χ0v) is 16.9. The van der Waals surface area contributed by atoms with E-state index in [-0.39, 0.29) is 29.8 Å². The van der Waals surface area contributed by atoms with Gasteiger partial charge in [-0.25, -0.2) is 0 Å². The summed E-state index contributed by atoms with van der Waals surface area (Å²) in [6.45, 7) is 3.34. The van der Waals surface area contributed by atoms with E-state index in [2.05, 4.69) is 0 Å². The highest BCUT2D eigenvalue weighted by molar-refractivity contribution is 5.97. The first kappa shape index (κ1) is 22.0. The molecule has 0 aliphatic carbocycles. The highest BCUT2D eigenvalue weighted by Gasteiger charge is 2.24. The number of rotatable bonds is 10. The van der Waals surface area contributed by atoms with Gasteiger partial charge in [0.2, 0.25) is 6.54 Å². The zero-order chi connectivity index (χ0) is 21.6. The van der Waals surface area contributed by atoms with Crippen LogP contribution in [-0.4, -0.2) is 42.7 Å². The maximum Gasteiger partial charge on any atom is 0.211 e. The Morgan fingerprint density at radius 2 is 1.76 bits per heavy atom. The van der Waals surface area contributed by atoms with Gasteiger partial charge in [-0.05, 0) is 49.7 Å². The van der Waals surface area contributed by atoms with E-state index in [9.17, 15) is 20.0 Å². The molecule has 8 heteroatoms. The Kier molecular flexibility index (Phi) is 7.41. The number of hydrogen-bond donors (Lipinski definition) is 1. The predicted octanol–water partition coefficient (Wildman–Crippen LogP) is 3.83. The summed E-state index contributed by atoms with van der Waals surface area (Å²) >= 11 is 0. The highest BCUT2D eigenvalue weighted by atomic mass is 16.6. The molecular weight excluding hydrogens is 378 g/mol. The van der Waals surface area contributed by atoms with Crippen molar-refractivity contribution in [2.75, 3.05) is 20.8 Å². The molecular formula is C21H25NO7. The van der Waals surface area contributed by atoms with Gasteiger partial charge in [0.15, 0.2) is 28.8 Å². The Hall–Kier alpha value is -3.29. The summed E-state index contributed by atoms with van der Waals surface area (Å²) in [5.74, 6) is 0.113. The third-order valence-corrected chi connectivity index (χ3v) is 4.32. The monoisotopic (exact) mass is 403 g/mol. The van der Waals surface area contributed by atoms with Crippen LogP contribution in [0.3, 0.4) is 0 Å². The summed E-state index contributed by atoms with van der Waals surface area (Å²) in [5.41, 5.74) is 0.911. The average molecular weight is 403 g/mol. The summed E-state index contributed by atoms with van der Waals surface area (Å²) in [6.07, 6.45) is -0.137. The maximum atomic E-state index is 12.8. The number of hydrogen-bond acceptors (Lipinski definition) is 7. The zero-order valence-electron chi connectivity index (χ0n) is 16.9. The molecule has 0 fully saturated rings. The van der Waals surface area contributed by atoms with Crippen molar-refractivity contribution in [2.45, 2.75) is 32.3 Å². The van der Waals surface area contributed by atoms with Crippen molar-refractivity contribution in [1.29, 1.82) is 0 Å². The first-order chi connectivity index (χ1) is 13.7. The van der Waals surface area contributed by atoms with E-state index in [4.69, 9.17) is 14.2 Å². The van der Waals surface area contributed by atoms with Crippen LogP contribution in [0.1, 0.15) is 42.1 Å². The minimum atomic E-state index is -0.676. The van der Waals surface area contributed by atoms with Gasteiger partial charge in [-0.3, -0.25) is 14.9 Å². The number of nitrogens with zero attached hydrogens (tertiary/aromatic N) is 1. The molecule has 0 saturated carbocycles. The Labute approximate surface area is 169 Å². The molecule has 2 aromatic rings. The number of Topliss-reactive ketones (excluding diaryl/α,β-unsaturated/α-hetero) is 1. The van der Waals surface area contributed by atoms with Crippen LogP contribution >= 0.6 is 0 Å². The molecule has 8 nitrogen and oxygen atoms in total. The summed E-state index contributed by atoms with van der Waals surface area (Å²) in [7, 11) is 2.87. The van der Waals surface area contributed by atoms with E-state index in [1.807, 2.05) is 13.8 Å². The minimum absolute atomic E-state index is 0.0561. The Morgan fingerprint density at radius 1 is 1.07 bits per heavy atom. The largest absolute Gasteiger partial charge is 0.504 e. The fraction of sp³-hybridized carbons (Fsp3) is 0.381. The molecule has 0 amide bonds. The van der Waals surface area contributed by atoms with Gasteiger partial charge < -0.3 is 19.3 Å². The number of benzene rings is 2. The molecule has 0 saturated heterocycles. The Balaban J connectivity index is 2.29. The lowest BCUT2D eigenvalue weighted by atomic mass is 9.91. The predicted molar refractivity (Wildman–Crippen MR) is 107 cm³/mol. The van der Waals surface area contributed by atoms with Gasteiger partial charge in [-0.15, -0.1) is 0 Å². The SMILES string of the molecule is COc1cc(C(CC(=O)c2ccc(OC(C)C)c(OC)c2)C[N+](=O)[O-])ccc1O. The lowest BCUT2D eigenvalue weighted by molar-refractivity contribution is -0.483. The summed E-state index contributed by atoms with van der Waals surface area (Å²) in [4.78, 5) is 23.5. The van der Waals surface area contributed by atoms with Crippen molar-refractivity contribution in [2.24, 2.45) is 0 Å². The quantitative estimate of drug-likeness (QED) is 0.365. The second kappa shape index (κ2) is 9.77. The third kappa shape index (κ3) is 5.84. The van der Waals surface area contributed by atoms with E-state index in [1.165, 1.54) is 26.4 Å². The molecule has 0 aromatic heterocycles. The molecule has 0 aliphatic rings. The van der Waals surface area contributed by atoms with Crippen LogP contribution in [0.25, 0.3) is 0 Å². The van der Waals surface area contributed by atoms with Crippen molar-refractivity contribution in [3.8, 4) is 23.0 Å². The summed E-state index contributed by atoms with van der Waals surface area (Å²) < 4.78 is 16.0. The van der Waals surface area contributed by atoms with E-state index < -0.39 is 17.4 Å². The standard InChI is InChI=1S/C21H25NO7/c1-13(2)29-19-8-6-15(11-21(19)28-4)18(24)9-16(12-22(25)26)14-5-7-17(23)20(10-14)27-3/h5-8,10-11,13,16,23H,9,12H2,1-4H3. The molecule has 0 radical (unpaired) electrons. The van der Waals surface area contributed by atoms with Crippen LogP contribution in [0.5, 0.6) is 23.0 Å². The number of ketones is 1. The van der Waals surface area contributed by atoms with Crippen LogP contribution < -0.4 is 14.2 Å². The number of carbonyl (C=O) groups is 1. The first-order valence-electron chi connectivity index (χ1n) is 9.11. The smallest absolute Gasteiger partial charge is 0.211 e. The van der Waals surface area contributed by atoms with Gasteiger partial charge in [0.1, 0.15) is 0 Å². The van der Waals surface area contributed by atoms with Gasteiger partial charge in [0.05, 0.1) is 26.2 Å². The fourth-order valence-corrected chi connectivity index (χ4v) is 2.95. The lowest BCUT2D eigenvalue weighted by Gasteiger charge is -2.16. The van der Waals surface area contributed by atoms with E-state index >= 15 is 0 Å². The van der Waals surface area contributed by atoms with E-state index in [1.54, 1.807) is 24.3 Å². The number of methoxy groups -OCH3 is 2. The second-order valence-electron chi connectivity index (χ2n) is 6.80. The summed E-state index contributed by atoms with van der Waals surface area (Å²) in [6, 6.07) is 9.30. The van der Waals surface area contributed by atoms with E-state index in [0.29, 0.717) is 22.6 Å². The normalized spacial score (nSPS) is 11.8.